The summed E-state index contributed by atoms with van der Waals surface area (Å²) in [6.07, 6.45) is 13.5. The van der Waals surface area contributed by atoms with Crippen LogP contribution in [0.25, 0.3) is 0 Å². The molecule has 0 aromatic carbocycles. The molecule has 0 spiro atoms. The molecule has 120 valence electrons. The lowest BCUT2D eigenvalue weighted by Gasteiger charge is -2.40. The summed E-state index contributed by atoms with van der Waals surface area (Å²) < 4.78 is 0. The predicted octanol–water partition coefficient (Wildman–Crippen LogP) is 7.22. The van der Waals surface area contributed by atoms with Crippen LogP contribution in [0.1, 0.15) is 72.6 Å². The molecule has 1 aliphatic carbocycles. The number of alkyl halides is 1. The number of hydrogen-bond donors (Lipinski definition) is 0. The van der Waals surface area contributed by atoms with E-state index in [0.29, 0.717) is 11.3 Å². The van der Waals surface area contributed by atoms with Gasteiger partial charge in [-0.1, -0.05) is 65.2 Å². The van der Waals surface area contributed by atoms with Crippen molar-refractivity contribution in [3.05, 3.63) is 35.5 Å². The molecule has 0 saturated heterocycles. The molecule has 0 unspecified atom stereocenters. The van der Waals surface area contributed by atoms with Gasteiger partial charge < -0.3 is 0 Å². The van der Waals surface area contributed by atoms with Crippen LogP contribution in [0.3, 0.4) is 0 Å². The fourth-order valence-electron chi connectivity index (χ4n) is 3.52. The van der Waals surface area contributed by atoms with Gasteiger partial charge in [-0.05, 0) is 70.1 Å². The monoisotopic (exact) mass is 352 g/mol. The normalized spacial score (nSPS) is 23.5. The molecule has 1 aliphatic rings. The average Bonchev–Trinajstić information content (AvgIpc) is 2.37. The van der Waals surface area contributed by atoms with Crippen LogP contribution in [0.15, 0.2) is 35.5 Å². The van der Waals surface area contributed by atoms with Gasteiger partial charge in [0.25, 0.3) is 0 Å². The summed E-state index contributed by atoms with van der Waals surface area (Å²) >= 11 is 3.46. The highest BCUT2D eigenvalue weighted by Crippen LogP contribution is 2.45. The Bertz CT molecular complexity index is 398. The summed E-state index contributed by atoms with van der Waals surface area (Å²) in [5.41, 5.74) is 4.98. The second-order valence-electron chi connectivity index (χ2n) is 7.39. The Labute approximate surface area is 140 Å². The number of allylic oxidation sites excluding steroid dienone is 5. The molecule has 1 fully saturated rings. The summed E-state index contributed by atoms with van der Waals surface area (Å²) in [6, 6.07) is 0. The molecule has 0 amide bonds. The molecule has 0 N–H and O–H groups in total. The lowest BCUT2D eigenvalue weighted by atomic mass is 9.65. The summed E-state index contributed by atoms with van der Waals surface area (Å²) in [7, 11) is 0. The van der Waals surface area contributed by atoms with Crippen molar-refractivity contribution in [2.24, 2.45) is 11.3 Å². The van der Waals surface area contributed by atoms with E-state index in [2.05, 4.69) is 62.4 Å². The molecule has 0 heterocycles. The smallest absolute Gasteiger partial charge is 0.0214 e. The van der Waals surface area contributed by atoms with Crippen molar-refractivity contribution >= 4 is 15.9 Å². The van der Waals surface area contributed by atoms with Crippen molar-refractivity contribution in [3.63, 3.8) is 0 Å². The first-order valence-electron chi connectivity index (χ1n) is 8.41. The average molecular weight is 353 g/mol. The van der Waals surface area contributed by atoms with Gasteiger partial charge in [0.15, 0.2) is 0 Å². The van der Waals surface area contributed by atoms with E-state index < -0.39 is 0 Å². The Kier molecular flexibility index (Phi) is 8.02. The molecule has 21 heavy (non-hydrogen) atoms. The minimum absolute atomic E-state index is 0.449. The van der Waals surface area contributed by atoms with Gasteiger partial charge in [-0.2, -0.15) is 0 Å². The van der Waals surface area contributed by atoms with E-state index in [1.807, 2.05) is 0 Å². The molecule has 1 heteroatoms. The highest BCUT2D eigenvalue weighted by atomic mass is 79.9. The number of hydrogen-bond acceptors (Lipinski definition) is 0. The van der Waals surface area contributed by atoms with Crippen LogP contribution in [-0.4, -0.2) is 5.33 Å². The fourth-order valence-corrected chi connectivity index (χ4v) is 4.07. The summed E-state index contributed by atoms with van der Waals surface area (Å²) in [6.45, 7) is 13.7. The summed E-state index contributed by atoms with van der Waals surface area (Å²) in [5, 5.41) is 0.973. The third-order valence-corrected chi connectivity index (χ3v) is 5.36. The van der Waals surface area contributed by atoms with E-state index in [1.165, 1.54) is 56.1 Å². The van der Waals surface area contributed by atoms with E-state index in [0.717, 1.165) is 5.33 Å². The Balaban J connectivity index is 2.42. The van der Waals surface area contributed by atoms with Crippen LogP contribution in [0.2, 0.25) is 0 Å². The van der Waals surface area contributed by atoms with Crippen LogP contribution < -0.4 is 0 Å². The quantitative estimate of drug-likeness (QED) is 0.335. The van der Waals surface area contributed by atoms with Gasteiger partial charge >= 0.3 is 0 Å². The highest BCUT2D eigenvalue weighted by Gasteiger charge is 2.33. The topological polar surface area (TPSA) is 0 Å². The van der Waals surface area contributed by atoms with Gasteiger partial charge in [-0.25, -0.2) is 0 Å². The zero-order chi connectivity index (χ0) is 15.9. The van der Waals surface area contributed by atoms with Crippen molar-refractivity contribution in [2.75, 3.05) is 5.33 Å². The molecular weight excluding hydrogens is 320 g/mol. The molecule has 0 aromatic rings. The molecule has 0 radical (unpaired) electrons. The van der Waals surface area contributed by atoms with Gasteiger partial charge in [0.2, 0.25) is 0 Å². The van der Waals surface area contributed by atoms with Crippen molar-refractivity contribution in [3.8, 4) is 0 Å². The SMILES string of the molecule is C=C1CCCC(C)(C)[C@H]1CC/C(C)=C/CC/C(C)=C/CBr. The van der Waals surface area contributed by atoms with Crippen molar-refractivity contribution in [1.82, 2.24) is 0 Å². The minimum Gasteiger partial charge on any atom is -0.0996 e. The minimum atomic E-state index is 0.449. The largest absolute Gasteiger partial charge is 0.0996 e. The van der Waals surface area contributed by atoms with Gasteiger partial charge in [-0.3, -0.25) is 0 Å². The predicted molar refractivity (Wildman–Crippen MR) is 100 cm³/mol. The third kappa shape index (κ3) is 6.55. The molecule has 1 rings (SSSR count). The maximum Gasteiger partial charge on any atom is 0.0214 e. The molecule has 0 bridgehead atoms. The number of halogens is 1. The molecule has 1 saturated carbocycles. The summed E-state index contributed by atoms with van der Waals surface area (Å²) in [4.78, 5) is 0. The highest BCUT2D eigenvalue weighted by molar-refractivity contribution is 9.09. The van der Waals surface area contributed by atoms with Crippen molar-refractivity contribution in [2.45, 2.75) is 72.6 Å². The second kappa shape index (κ2) is 8.98. The Hall–Kier alpha value is -0.300. The molecule has 1 atom stereocenters. The number of rotatable bonds is 7. The molecule has 0 aromatic heterocycles. The second-order valence-corrected chi connectivity index (χ2v) is 8.03. The Morgan fingerprint density at radius 3 is 2.52 bits per heavy atom. The van der Waals surface area contributed by atoms with E-state index in [9.17, 15) is 0 Å². The third-order valence-electron chi connectivity index (χ3n) is 5.04. The lowest BCUT2D eigenvalue weighted by Crippen LogP contribution is -2.29. The van der Waals surface area contributed by atoms with Crippen LogP contribution in [0.5, 0.6) is 0 Å². The Morgan fingerprint density at radius 2 is 1.90 bits per heavy atom. The zero-order valence-corrected chi connectivity index (χ0v) is 16.1. The maximum atomic E-state index is 4.34. The first-order valence-corrected chi connectivity index (χ1v) is 9.54. The van der Waals surface area contributed by atoms with Crippen LogP contribution in [0.4, 0.5) is 0 Å². The van der Waals surface area contributed by atoms with E-state index in [1.54, 1.807) is 5.57 Å². The fraction of sp³-hybridized carbons (Fsp3) is 0.700. The molecular formula is C20H33Br. The lowest BCUT2D eigenvalue weighted by molar-refractivity contribution is 0.180. The van der Waals surface area contributed by atoms with Crippen molar-refractivity contribution < 1.29 is 0 Å². The van der Waals surface area contributed by atoms with Gasteiger partial charge in [0.05, 0.1) is 0 Å². The first kappa shape index (κ1) is 18.7. The van der Waals surface area contributed by atoms with E-state index >= 15 is 0 Å². The van der Waals surface area contributed by atoms with Crippen molar-refractivity contribution in [1.29, 1.82) is 0 Å². The van der Waals surface area contributed by atoms with E-state index in [-0.39, 0.29) is 0 Å². The van der Waals surface area contributed by atoms with Gasteiger partial charge in [-0.15, -0.1) is 0 Å². The van der Waals surface area contributed by atoms with E-state index in [4.69, 9.17) is 0 Å². The van der Waals surface area contributed by atoms with Crippen LogP contribution in [0, 0.1) is 11.3 Å². The molecule has 0 aliphatic heterocycles. The molecule has 0 nitrogen and oxygen atoms in total. The zero-order valence-electron chi connectivity index (χ0n) is 14.5. The Morgan fingerprint density at radius 1 is 1.24 bits per heavy atom. The summed E-state index contributed by atoms with van der Waals surface area (Å²) in [5.74, 6) is 0.713. The standard InChI is InChI=1S/C20H33Br/c1-16(8-6-9-17(2)13-15-21)11-12-19-18(3)10-7-14-20(19,4)5/h8,13,19H,3,6-7,9-12,14-15H2,1-2,4-5H3/b16-8+,17-13+/t19-/m0/s1. The van der Waals surface area contributed by atoms with Gasteiger partial charge in [0, 0.05) is 5.33 Å². The maximum absolute atomic E-state index is 4.34. The first-order chi connectivity index (χ1) is 9.86. The van der Waals surface area contributed by atoms with Crippen LogP contribution in [-0.2, 0) is 0 Å². The van der Waals surface area contributed by atoms with Crippen LogP contribution >= 0.6 is 15.9 Å². The van der Waals surface area contributed by atoms with Gasteiger partial charge in [0.1, 0.15) is 0 Å².